The SMILES string of the molecule is CC(C)(C)c1ccc(S(=O)(=O)CCN=C(N)N2CCN(c3nccs3)CC2)cc1. The zero-order valence-electron chi connectivity index (χ0n) is 17.2. The predicted octanol–water partition coefficient (Wildman–Crippen LogP) is 2.35. The number of thiazole rings is 1. The first kappa shape index (κ1) is 21.6. The Morgan fingerprint density at radius 2 is 1.83 bits per heavy atom. The molecular formula is C20H29N5O2S2. The van der Waals surface area contributed by atoms with Crippen LogP contribution in [0.25, 0.3) is 0 Å². The molecule has 0 aliphatic carbocycles. The lowest BCUT2D eigenvalue weighted by atomic mass is 9.87. The second-order valence-corrected chi connectivity index (χ2v) is 11.1. The van der Waals surface area contributed by atoms with E-state index in [2.05, 4.69) is 35.6 Å². The second kappa shape index (κ2) is 8.71. The molecule has 1 aromatic heterocycles. The van der Waals surface area contributed by atoms with Gasteiger partial charge in [-0.2, -0.15) is 0 Å². The Labute approximate surface area is 177 Å². The van der Waals surface area contributed by atoms with Crippen molar-refractivity contribution in [2.24, 2.45) is 10.7 Å². The number of nitrogens with zero attached hydrogens (tertiary/aromatic N) is 4. The van der Waals surface area contributed by atoms with E-state index in [4.69, 9.17) is 5.73 Å². The van der Waals surface area contributed by atoms with E-state index >= 15 is 0 Å². The third-order valence-corrected chi connectivity index (χ3v) is 7.55. The molecule has 7 nitrogen and oxygen atoms in total. The van der Waals surface area contributed by atoms with E-state index in [0.29, 0.717) is 10.9 Å². The van der Waals surface area contributed by atoms with Gasteiger partial charge in [0, 0.05) is 37.8 Å². The van der Waals surface area contributed by atoms with Crippen molar-refractivity contribution in [3.05, 3.63) is 41.4 Å². The van der Waals surface area contributed by atoms with Crippen LogP contribution in [0.5, 0.6) is 0 Å². The summed E-state index contributed by atoms with van der Waals surface area (Å²) in [5, 5.41) is 2.98. The number of sulfone groups is 1. The molecule has 1 fully saturated rings. The molecule has 1 aliphatic rings. The molecule has 1 saturated heterocycles. The number of hydrogen-bond donors (Lipinski definition) is 1. The van der Waals surface area contributed by atoms with Crippen molar-refractivity contribution in [3.8, 4) is 0 Å². The number of nitrogens with two attached hydrogens (primary N) is 1. The van der Waals surface area contributed by atoms with Gasteiger partial charge in [-0.1, -0.05) is 32.9 Å². The van der Waals surface area contributed by atoms with Gasteiger partial charge in [-0.3, -0.25) is 4.99 Å². The van der Waals surface area contributed by atoms with Crippen molar-refractivity contribution in [1.29, 1.82) is 0 Å². The first-order valence-electron chi connectivity index (χ1n) is 9.69. The second-order valence-electron chi connectivity index (χ2n) is 8.12. The van der Waals surface area contributed by atoms with Gasteiger partial charge >= 0.3 is 0 Å². The zero-order valence-corrected chi connectivity index (χ0v) is 18.8. The molecule has 0 spiro atoms. The van der Waals surface area contributed by atoms with Crippen molar-refractivity contribution in [2.45, 2.75) is 31.1 Å². The molecule has 0 saturated carbocycles. The number of rotatable bonds is 5. The molecule has 2 heterocycles. The molecule has 0 atom stereocenters. The minimum atomic E-state index is -3.38. The highest BCUT2D eigenvalue weighted by atomic mass is 32.2. The van der Waals surface area contributed by atoms with E-state index in [1.165, 1.54) is 0 Å². The number of benzene rings is 1. The summed E-state index contributed by atoms with van der Waals surface area (Å²) >= 11 is 1.62. The molecule has 0 amide bonds. The van der Waals surface area contributed by atoms with Gasteiger partial charge in [-0.05, 0) is 23.1 Å². The smallest absolute Gasteiger partial charge is 0.191 e. The summed E-state index contributed by atoms with van der Waals surface area (Å²) < 4.78 is 25.2. The monoisotopic (exact) mass is 435 g/mol. The maximum Gasteiger partial charge on any atom is 0.191 e. The normalized spacial score (nSPS) is 16.3. The average Bonchev–Trinajstić information content (AvgIpc) is 3.22. The van der Waals surface area contributed by atoms with E-state index in [0.717, 1.165) is 36.9 Å². The average molecular weight is 436 g/mol. The van der Waals surface area contributed by atoms with Gasteiger partial charge in [0.2, 0.25) is 0 Å². The van der Waals surface area contributed by atoms with Crippen LogP contribution in [0.1, 0.15) is 26.3 Å². The van der Waals surface area contributed by atoms with Crippen molar-refractivity contribution in [1.82, 2.24) is 9.88 Å². The summed E-state index contributed by atoms with van der Waals surface area (Å²) in [4.78, 5) is 13.2. The number of guanidine groups is 1. The van der Waals surface area contributed by atoms with Crippen LogP contribution < -0.4 is 10.6 Å². The lowest BCUT2D eigenvalue weighted by molar-refractivity contribution is 0.381. The maximum absolute atomic E-state index is 12.6. The van der Waals surface area contributed by atoms with Gasteiger partial charge in [0.25, 0.3) is 0 Å². The fourth-order valence-corrected chi connectivity index (χ4v) is 4.97. The highest BCUT2D eigenvalue weighted by molar-refractivity contribution is 7.91. The van der Waals surface area contributed by atoms with Crippen molar-refractivity contribution >= 4 is 32.3 Å². The Morgan fingerprint density at radius 3 is 2.38 bits per heavy atom. The molecule has 0 radical (unpaired) electrons. The molecule has 29 heavy (non-hydrogen) atoms. The fourth-order valence-electron chi connectivity index (χ4n) is 3.16. The highest BCUT2D eigenvalue weighted by Crippen LogP contribution is 2.24. The van der Waals surface area contributed by atoms with Gasteiger partial charge in [0.15, 0.2) is 20.9 Å². The van der Waals surface area contributed by atoms with Crippen LogP contribution in [0.2, 0.25) is 0 Å². The molecule has 0 unspecified atom stereocenters. The standard InChI is InChI=1S/C20H29N5O2S2/c1-20(2,3)16-4-6-17(7-5-16)29(26,27)15-9-22-18(21)24-10-12-25(13-11-24)19-23-8-14-28-19/h4-8,14H,9-13,15H2,1-3H3,(H2,21,22). The van der Waals surface area contributed by atoms with E-state index < -0.39 is 9.84 Å². The first-order chi connectivity index (χ1) is 13.7. The van der Waals surface area contributed by atoms with Gasteiger partial charge < -0.3 is 15.5 Å². The molecule has 1 aliphatic heterocycles. The van der Waals surface area contributed by atoms with Crippen LogP contribution in [0, 0.1) is 0 Å². The minimum absolute atomic E-state index is 0.00930. The van der Waals surface area contributed by atoms with Crippen molar-refractivity contribution in [3.63, 3.8) is 0 Å². The molecule has 2 aromatic rings. The molecule has 0 bridgehead atoms. The van der Waals surface area contributed by atoms with Crippen LogP contribution in [-0.4, -0.2) is 62.7 Å². The third-order valence-electron chi connectivity index (χ3n) is 5.01. The number of anilines is 1. The van der Waals surface area contributed by atoms with Crippen LogP contribution >= 0.6 is 11.3 Å². The first-order valence-corrected chi connectivity index (χ1v) is 12.2. The topological polar surface area (TPSA) is 91.9 Å². The zero-order chi connectivity index (χ0) is 21.1. The molecule has 158 valence electrons. The molecule has 9 heteroatoms. The van der Waals surface area contributed by atoms with Gasteiger partial charge in [-0.25, -0.2) is 13.4 Å². The van der Waals surface area contributed by atoms with E-state index in [1.54, 1.807) is 29.7 Å². The number of piperazine rings is 1. The summed E-state index contributed by atoms with van der Waals surface area (Å²) in [6.07, 6.45) is 1.80. The van der Waals surface area contributed by atoms with E-state index in [1.807, 2.05) is 22.4 Å². The van der Waals surface area contributed by atoms with Gasteiger partial charge in [0.05, 0.1) is 17.2 Å². The summed E-state index contributed by atoms with van der Waals surface area (Å²) in [7, 11) is -3.38. The van der Waals surface area contributed by atoms with E-state index in [-0.39, 0.29) is 17.7 Å². The summed E-state index contributed by atoms with van der Waals surface area (Å²) in [6.45, 7) is 9.60. The number of aliphatic imine (C=N–C) groups is 1. The van der Waals surface area contributed by atoms with Crippen molar-refractivity contribution < 1.29 is 8.42 Å². The van der Waals surface area contributed by atoms with E-state index in [9.17, 15) is 8.42 Å². The Morgan fingerprint density at radius 1 is 1.17 bits per heavy atom. The van der Waals surface area contributed by atoms with Crippen molar-refractivity contribution in [2.75, 3.05) is 43.4 Å². The Kier molecular flexibility index (Phi) is 6.48. The Hall–Kier alpha value is -2.13. The molecule has 2 N–H and O–H groups in total. The van der Waals surface area contributed by atoms with Crippen LogP contribution in [0.15, 0.2) is 45.7 Å². The third kappa shape index (κ3) is 5.48. The number of aromatic nitrogens is 1. The minimum Gasteiger partial charge on any atom is -0.370 e. The maximum atomic E-state index is 12.6. The lowest BCUT2D eigenvalue weighted by Crippen LogP contribution is -2.51. The molecule has 1 aromatic carbocycles. The fraction of sp³-hybridized carbons (Fsp3) is 0.500. The quantitative estimate of drug-likeness (QED) is 0.573. The van der Waals surface area contributed by atoms with Crippen LogP contribution in [0.3, 0.4) is 0 Å². The molecular weight excluding hydrogens is 406 g/mol. The largest absolute Gasteiger partial charge is 0.370 e. The summed E-state index contributed by atoms with van der Waals surface area (Å²) in [6, 6.07) is 7.13. The highest BCUT2D eigenvalue weighted by Gasteiger charge is 2.21. The van der Waals surface area contributed by atoms with Gasteiger partial charge in [0.1, 0.15) is 0 Å². The summed E-state index contributed by atoms with van der Waals surface area (Å²) in [5.41, 5.74) is 7.20. The van der Waals surface area contributed by atoms with Gasteiger partial charge in [-0.15, -0.1) is 11.3 Å². The number of hydrogen-bond acceptors (Lipinski definition) is 6. The molecule has 3 rings (SSSR count). The predicted molar refractivity (Wildman–Crippen MR) is 120 cm³/mol. The van der Waals surface area contributed by atoms with Crippen LogP contribution in [-0.2, 0) is 15.3 Å². The lowest BCUT2D eigenvalue weighted by Gasteiger charge is -2.35. The Balaban J connectivity index is 1.53. The summed E-state index contributed by atoms with van der Waals surface area (Å²) in [5.74, 6) is 0.351. The van der Waals surface area contributed by atoms with Crippen LogP contribution in [0.4, 0.5) is 5.13 Å². The Bertz CT molecular complexity index is 924.